The molecule has 0 bridgehead atoms. The molecule has 1 fully saturated rings. The Morgan fingerprint density at radius 1 is 1.41 bits per heavy atom. The highest BCUT2D eigenvalue weighted by Gasteiger charge is 2.62. The second-order valence-electron chi connectivity index (χ2n) is 5.99. The van der Waals surface area contributed by atoms with Crippen LogP contribution in [0.25, 0.3) is 0 Å². The summed E-state index contributed by atoms with van der Waals surface area (Å²) in [5, 5.41) is 0. The summed E-state index contributed by atoms with van der Waals surface area (Å²) in [7, 11) is 0. The van der Waals surface area contributed by atoms with Gasteiger partial charge in [-0.2, -0.15) is 0 Å². The van der Waals surface area contributed by atoms with Crippen molar-refractivity contribution in [2.75, 3.05) is 19.6 Å². The van der Waals surface area contributed by atoms with Crippen molar-refractivity contribution >= 4 is 5.91 Å². The van der Waals surface area contributed by atoms with Crippen molar-refractivity contribution in [3.63, 3.8) is 0 Å². The van der Waals surface area contributed by atoms with Gasteiger partial charge in [-0.05, 0) is 45.1 Å². The molecule has 122 valence electrons. The average molecular weight is 302 g/mol. The molecule has 22 heavy (non-hydrogen) atoms. The Morgan fingerprint density at radius 2 is 2.09 bits per heavy atom. The molecule has 0 spiro atoms. The fourth-order valence-electron chi connectivity index (χ4n) is 3.24. The highest BCUT2D eigenvalue weighted by Crippen LogP contribution is 2.58. The van der Waals surface area contributed by atoms with Crippen LogP contribution in [-0.4, -0.2) is 30.4 Å². The van der Waals surface area contributed by atoms with E-state index in [-0.39, 0.29) is 17.2 Å². The summed E-state index contributed by atoms with van der Waals surface area (Å²) in [5.41, 5.74) is 5.57. The van der Waals surface area contributed by atoms with Gasteiger partial charge in [-0.25, -0.2) is 0 Å². The number of allylic oxidation sites excluding steroid dienone is 4. The molecule has 0 aromatic heterocycles. The molecule has 1 amide bonds. The molecule has 1 aliphatic rings. The molecule has 1 saturated carbocycles. The fraction of sp³-hybridized carbons (Fsp3) is 0.632. The lowest BCUT2D eigenvalue weighted by Crippen LogP contribution is -2.41. The minimum atomic E-state index is -0.278. The largest absolute Gasteiger partial charge is 0.343 e. The first-order valence-electron chi connectivity index (χ1n) is 8.32. The van der Waals surface area contributed by atoms with Crippen LogP contribution in [0.3, 0.4) is 0 Å². The third-order valence-corrected chi connectivity index (χ3v) is 4.80. The summed E-state index contributed by atoms with van der Waals surface area (Å²) in [6.07, 6.45) is 16.0. The minimum Gasteiger partial charge on any atom is -0.343 e. The average Bonchev–Trinajstić information content (AvgIpc) is 3.27. The molecule has 1 unspecified atom stereocenters. The normalized spacial score (nSPS) is 25.3. The van der Waals surface area contributed by atoms with Gasteiger partial charge in [0.05, 0.1) is 5.41 Å². The SMILES string of the molecule is C#CC/C=C\C/C=C\C(C)[C@]1(C(=O)N(CC)CC)C[C@@H]1CN. The molecule has 0 radical (unpaired) electrons. The first-order valence-corrected chi connectivity index (χ1v) is 8.32. The van der Waals surface area contributed by atoms with E-state index in [2.05, 4.69) is 31.1 Å². The minimum absolute atomic E-state index is 0.218. The maximum atomic E-state index is 12.9. The van der Waals surface area contributed by atoms with Crippen molar-refractivity contribution in [2.45, 2.75) is 40.0 Å². The molecular weight excluding hydrogens is 272 g/mol. The van der Waals surface area contributed by atoms with Gasteiger partial charge in [0.15, 0.2) is 0 Å². The third-order valence-electron chi connectivity index (χ3n) is 4.80. The van der Waals surface area contributed by atoms with E-state index in [1.807, 2.05) is 24.8 Å². The summed E-state index contributed by atoms with van der Waals surface area (Å²) in [6, 6.07) is 0. The Hall–Kier alpha value is -1.53. The van der Waals surface area contributed by atoms with Crippen molar-refractivity contribution in [3.8, 4) is 12.3 Å². The van der Waals surface area contributed by atoms with Gasteiger partial charge < -0.3 is 10.6 Å². The van der Waals surface area contributed by atoms with Crippen molar-refractivity contribution in [1.29, 1.82) is 0 Å². The number of nitrogens with two attached hydrogens (primary N) is 1. The number of carbonyl (C=O) groups is 1. The van der Waals surface area contributed by atoms with Gasteiger partial charge in [0.25, 0.3) is 0 Å². The number of terminal acetylenes is 1. The van der Waals surface area contributed by atoms with Gasteiger partial charge in [-0.1, -0.05) is 31.2 Å². The van der Waals surface area contributed by atoms with E-state index in [0.717, 1.165) is 25.9 Å². The number of rotatable bonds is 9. The molecule has 0 saturated heterocycles. The van der Waals surface area contributed by atoms with Crippen LogP contribution < -0.4 is 5.73 Å². The number of carbonyl (C=O) groups excluding carboxylic acids is 1. The van der Waals surface area contributed by atoms with Crippen LogP contribution in [0.4, 0.5) is 0 Å². The third kappa shape index (κ3) is 4.01. The summed E-state index contributed by atoms with van der Waals surface area (Å²) >= 11 is 0. The quantitative estimate of drug-likeness (QED) is 0.526. The van der Waals surface area contributed by atoms with E-state index >= 15 is 0 Å². The number of amides is 1. The maximum absolute atomic E-state index is 12.9. The van der Waals surface area contributed by atoms with E-state index in [1.54, 1.807) is 0 Å². The van der Waals surface area contributed by atoms with E-state index < -0.39 is 0 Å². The smallest absolute Gasteiger partial charge is 0.229 e. The van der Waals surface area contributed by atoms with Crippen LogP contribution in [0.5, 0.6) is 0 Å². The topological polar surface area (TPSA) is 46.3 Å². The molecule has 0 aromatic rings. The summed E-state index contributed by atoms with van der Waals surface area (Å²) in [6.45, 7) is 8.32. The predicted molar refractivity (Wildman–Crippen MR) is 93.0 cm³/mol. The zero-order valence-electron chi connectivity index (χ0n) is 14.2. The summed E-state index contributed by atoms with van der Waals surface area (Å²) in [5.74, 6) is 3.39. The monoisotopic (exact) mass is 302 g/mol. The van der Waals surface area contributed by atoms with Crippen LogP contribution in [-0.2, 0) is 4.79 Å². The van der Waals surface area contributed by atoms with Crippen LogP contribution in [0.15, 0.2) is 24.3 Å². The maximum Gasteiger partial charge on any atom is 0.229 e. The van der Waals surface area contributed by atoms with Crippen LogP contribution >= 0.6 is 0 Å². The predicted octanol–water partition coefficient (Wildman–Crippen LogP) is 2.98. The molecule has 1 aliphatic carbocycles. The second kappa shape index (κ2) is 8.80. The lowest BCUT2D eigenvalue weighted by molar-refractivity contribution is -0.138. The highest BCUT2D eigenvalue weighted by atomic mass is 16.2. The Bertz CT molecular complexity index is 457. The van der Waals surface area contributed by atoms with Gasteiger partial charge >= 0.3 is 0 Å². The van der Waals surface area contributed by atoms with Crippen LogP contribution in [0.1, 0.15) is 40.0 Å². The number of hydrogen-bond donors (Lipinski definition) is 1. The highest BCUT2D eigenvalue weighted by molar-refractivity contribution is 5.86. The zero-order chi connectivity index (χ0) is 16.6. The van der Waals surface area contributed by atoms with Crippen LogP contribution in [0.2, 0.25) is 0 Å². The number of nitrogens with zero attached hydrogens (tertiary/aromatic N) is 1. The van der Waals surface area contributed by atoms with Gasteiger partial charge in [0.2, 0.25) is 5.91 Å². The first-order chi connectivity index (χ1) is 10.6. The number of hydrogen-bond acceptors (Lipinski definition) is 2. The lowest BCUT2D eigenvalue weighted by Gasteiger charge is -2.29. The molecule has 3 atom stereocenters. The van der Waals surface area contributed by atoms with Crippen molar-refractivity contribution in [3.05, 3.63) is 24.3 Å². The molecule has 0 aromatic carbocycles. The molecule has 0 heterocycles. The Labute approximate surface area is 135 Å². The summed E-state index contributed by atoms with van der Waals surface area (Å²) < 4.78 is 0. The van der Waals surface area contributed by atoms with Gasteiger partial charge in [-0.3, -0.25) is 4.79 Å². The Kier molecular flexibility index (Phi) is 7.41. The van der Waals surface area contributed by atoms with Gasteiger partial charge in [0.1, 0.15) is 0 Å². The molecule has 2 N–H and O–H groups in total. The van der Waals surface area contributed by atoms with Crippen LogP contribution in [0, 0.1) is 29.6 Å². The van der Waals surface area contributed by atoms with Gasteiger partial charge in [-0.15, -0.1) is 12.3 Å². The van der Waals surface area contributed by atoms with Crippen molar-refractivity contribution in [2.24, 2.45) is 23.0 Å². The fourth-order valence-corrected chi connectivity index (χ4v) is 3.24. The van der Waals surface area contributed by atoms with E-state index in [9.17, 15) is 4.79 Å². The van der Waals surface area contributed by atoms with E-state index in [1.165, 1.54) is 0 Å². The zero-order valence-corrected chi connectivity index (χ0v) is 14.2. The molecule has 0 aliphatic heterocycles. The van der Waals surface area contributed by atoms with E-state index in [4.69, 9.17) is 12.2 Å². The molecule has 3 heteroatoms. The first kappa shape index (κ1) is 18.5. The Morgan fingerprint density at radius 3 is 2.59 bits per heavy atom. The lowest BCUT2D eigenvalue weighted by atomic mass is 9.86. The van der Waals surface area contributed by atoms with Gasteiger partial charge in [0, 0.05) is 19.5 Å². The molecular formula is C19H30N2O. The molecule has 1 rings (SSSR count). The second-order valence-corrected chi connectivity index (χ2v) is 5.99. The Balaban J connectivity index is 2.73. The van der Waals surface area contributed by atoms with Crippen molar-refractivity contribution in [1.82, 2.24) is 4.90 Å². The van der Waals surface area contributed by atoms with E-state index in [0.29, 0.717) is 18.9 Å². The summed E-state index contributed by atoms with van der Waals surface area (Å²) in [4.78, 5) is 14.8. The molecule has 3 nitrogen and oxygen atoms in total. The standard InChI is InChI=1S/C19H30N2O/c1-5-8-9-10-11-12-13-16(4)19(14-17(19)15-20)18(22)21(6-2)7-3/h1,9-10,12-13,16-17H,6-8,11,14-15,20H2,2-4H3/b10-9-,13-12-/t16?,17-,19-/m1/s1. The van der Waals surface area contributed by atoms with Crippen molar-refractivity contribution < 1.29 is 4.79 Å².